The Morgan fingerprint density at radius 2 is 2.06 bits per heavy atom. The average molecular weight is 246 g/mol. The van der Waals surface area contributed by atoms with Crippen LogP contribution in [0, 0.1) is 0 Å². The van der Waals surface area contributed by atoms with Crippen LogP contribution in [-0.2, 0) is 4.74 Å². The number of unbranched alkanes of at least 4 members (excludes halogenated alkanes) is 1. The van der Waals surface area contributed by atoms with E-state index in [1.807, 2.05) is 6.92 Å². The number of aliphatic hydroxyl groups is 1. The molecule has 4 nitrogen and oxygen atoms in total. The number of hydrogen-bond donors (Lipinski definition) is 2. The van der Waals surface area contributed by atoms with Gasteiger partial charge in [-0.2, -0.15) is 0 Å². The molecular weight excluding hydrogens is 216 g/mol. The number of rotatable bonds is 10. The predicted molar refractivity (Wildman–Crippen MR) is 72.1 cm³/mol. The third-order valence-corrected chi connectivity index (χ3v) is 3.24. The lowest BCUT2D eigenvalue weighted by atomic mass is 9.97. The lowest BCUT2D eigenvalue weighted by molar-refractivity contribution is 0.100. The van der Waals surface area contributed by atoms with Gasteiger partial charge in [0.25, 0.3) is 0 Å². The van der Waals surface area contributed by atoms with Crippen LogP contribution in [0.3, 0.4) is 0 Å². The van der Waals surface area contributed by atoms with E-state index in [0.29, 0.717) is 6.04 Å². The largest absolute Gasteiger partial charge is 0.394 e. The Labute approximate surface area is 106 Å². The van der Waals surface area contributed by atoms with Gasteiger partial charge in [-0.25, -0.2) is 0 Å². The van der Waals surface area contributed by atoms with Crippen molar-refractivity contribution >= 4 is 0 Å². The maximum absolute atomic E-state index is 9.05. The first-order valence-electron chi connectivity index (χ1n) is 6.59. The van der Waals surface area contributed by atoms with Gasteiger partial charge in [0.1, 0.15) is 0 Å². The van der Waals surface area contributed by atoms with Gasteiger partial charge < -0.3 is 15.6 Å². The maximum Gasteiger partial charge on any atom is 0.0615 e. The van der Waals surface area contributed by atoms with E-state index in [0.717, 1.165) is 39.0 Å². The second-order valence-electron chi connectivity index (χ2n) is 5.20. The number of methoxy groups -OCH3 is 1. The van der Waals surface area contributed by atoms with Crippen LogP contribution in [0.15, 0.2) is 0 Å². The molecule has 0 aromatic rings. The zero-order valence-corrected chi connectivity index (χ0v) is 11.9. The molecule has 0 bridgehead atoms. The summed E-state index contributed by atoms with van der Waals surface area (Å²) in [5.41, 5.74) is 5.47. The first-order chi connectivity index (χ1) is 7.96. The van der Waals surface area contributed by atoms with Gasteiger partial charge in [-0.1, -0.05) is 13.3 Å². The maximum atomic E-state index is 9.05. The molecule has 2 unspecified atom stereocenters. The van der Waals surface area contributed by atoms with Crippen LogP contribution in [0.25, 0.3) is 0 Å². The van der Waals surface area contributed by atoms with Crippen LogP contribution in [0.4, 0.5) is 0 Å². The number of nitrogens with zero attached hydrogens (tertiary/aromatic N) is 1. The van der Waals surface area contributed by atoms with Crippen LogP contribution in [-0.4, -0.2) is 55.0 Å². The van der Waals surface area contributed by atoms with E-state index in [2.05, 4.69) is 18.7 Å². The summed E-state index contributed by atoms with van der Waals surface area (Å²) >= 11 is 0. The summed E-state index contributed by atoms with van der Waals surface area (Å²) in [6.07, 6.45) is 3.05. The van der Waals surface area contributed by atoms with Gasteiger partial charge in [-0.15, -0.1) is 0 Å². The Hall–Kier alpha value is -0.160. The summed E-state index contributed by atoms with van der Waals surface area (Å²) in [5, 5.41) is 9.05. The molecule has 2 atom stereocenters. The Bertz CT molecular complexity index is 186. The third kappa shape index (κ3) is 7.71. The predicted octanol–water partition coefficient (Wildman–Crippen LogP) is 1.22. The van der Waals surface area contributed by atoms with E-state index in [1.165, 1.54) is 0 Å². The smallest absolute Gasteiger partial charge is 0.0615 e. The fourth-order valence-corrected chi connectivity index (χ4v) is 1.96. The molecule has 0 spiro atoms. The second-order valence-corrected chi connectivity index (χ2v) is 5.20. The highest BCUT2D eigenvalue weighted by Crippen LogP contribution is 2.11. The molecule has 0 saturated heterocycles. The minimum atomic E-state index is -0.421. The molecule has 0 amide bonds. The highest BCUT2D eigenvalue weighted by atomic mass is 16.5. The van der Waals surface area contributed by atoms with Gasteiger partial charge in [-0.3, -0.25) is 4.90 Å². The van der Waals surface area contributed by atoms with Crippen LogP contribution < -0.4 is 5.73 Å². The van der Waals surface area contributed by atoms with Crippen molar-refractivity contribution in [3.63, 3.8) is 0 Å². The average Bonchev–Trinajstić information content (AvgIpc) is 2.29. The Morgan fingerprint density at radius 1 is 1.41 bits per heavy atom. The molecule has 17 heavy (non-hydrogen) atoms. The van der Waals surface area contributed by atoms with Gasteiger partial charge >= 0.3 is 0 Å². The van der Waals surface area contributed by atoms with Crippen LogP contribution in [0.1, 0.15) is 40.0 Å². The van der Waals surface area contributed by atoms with Crippen molar-refractivity contribution in [3.8, 4) is 0 Å². The zero-order chi connectivity index (χ0) is 13.3. The molecule has 3 N–H and O–H groups in total. The Morgan fingerprint density at radius 3 is 2.53 bits per heavy atom. The van der Waals surface area contributed by atoms with Gasteiger partial charge in [0.2, 0.25) is 0 Å². The molecular formula is C13H30N2O2. The van der Waals surface area contributed by atoms with E-state index in [1.54, 1.807) is 7.11 Å². The number of aliphatic hydroxyl groups excluding tert-OH is 1. The summed E-state index contributed by atoms with van der Waals surface area (Å²) < 4.78 is 5.17. The lowest BCUT2D eigenvalue weighted by Crippen LogP contribution is -2.40. The molecule has 0 aliphatic carbocycles. The van der Waals surface area contributed by atoms with E-state index >= 15 is 0 Å². The topological polar surface area (TPSA) is 58.7 Å². The fraction of sp³-hybridized carbons (Fsp3) is 1.00. The van der Waals surface area contributed by atoms with E-state index in [9.17, 15) is 0 Å². The standard InChI is InChI=1S/C13H30N2O2/c1-5-15(12(2)10-17-4)9-7-6-8-13(3,14)11-16/h12,16H,5-11,14H2,1-4H3. The molecule has 0 aliphatic heterocycles. The first kappa shape index (κ1) is 16.8. The van der Waals surface area contributed by atoms with Gasteiger partial charge in [0.15, 0.2) is 0 Å². The van der Waals surface area contributed by atoms with Crippen molar-refractivity contribution in [1.29, 1.82) is 0 Å². The molecule has 0 heterocycles. The number of hydrogen-bond acceptors (Lipinski definition) is 4. The fourth-order valence-electron chi connectivity index (χ4n) is 1.96. The van der Waals surface area contributed by atoms with Crippen molar-refractivity contribution in [1.82, 2.24) is 4.90 Å². The Kier molecular flexibility index (Phi) is 8.78. The highest BCUT2D eigenvalue weighted by molar-refractivity contribution is 4.77. The zero-order valence-electron chi connectivity index (χ0n) is 11.9. The molecule has 104 valence electrons. The molecule has 0 saturated carbocycles. The van der Waals surface area contributed by atoms with Gasteiger partial charge in [0.05, 0.1) is 13.2 Å². The lowest BCUT2D eigenvalue weighted by Gasteiger charge is -2.28. The SMILES string of the molecule is CCN(CCCCC(C)(N)CO)C(C)COC. The van der Waals surface area contributed by atoms with E-state index in [4.69, 9.17) is 15.6 Å². The normalized spacial score (nSPS) is 17.1. The summed E-state index contributed by atoms with van der Waals surface area (Å²) in [6.45, 7) is 9.22. The van der Waals surface area contributed by atoms with Crippen LogP contribution in [0.5, 0.6) is 0 Å². The molecule has 0 fully saturated rings. The third-order valence-electron chi connectivity index (χ3n) is 3.24. The second kappa shape index (κ2) is 8.86. The van der Waals surface area contributed by atoms with Crippen molar-refractivity contribution in [2.45, 2.75) is 51.6 Å². The molecule has 0 radical (unpaired) electrons. The molecule has 0 aliphatic rings. The summed E-state index contributed by atoms with van der Waals surface area (Å²) in [4.78, 5) is 2.41. The molecule has 0 aromatic heterocycles. The monoisotopic (exact) mass is 246 g/mol. The van der Waals surface area contributed by atoms with Gasteiger partial charge in [0, 0.05) is 18.7 Å². The first-order valence-corrected chi connectivity index (χ1v) is 6.59. The van der Waals surface area contributed by atoms with Gasteiger partial charge in [-0.05, 0) is 39.8 Å². The summed E-state index contributed by atoms with van der Waals surface area (Å²) in [6, 6.07) is 0.465. The minimum absolute atomic E-state index is 0.0601. The number of nitrogens with two attached hydrogens (primary N) is 1. The van der Waals surface area contributed by atoms with Crippen molar-refractivity contribution < 1.29 is 9.84 Å². The van der Waals surface area contributed by atoms with E-state index in [-0.39, 0.29) is 6.61 Å². The number of likely N-dealkylation sites (N-methyl/N-ethyl adjacent to an activating group) is 1. The summed E-state index contributed by atoms with van der Waals surface area (Å²) in [7, 11) is 1.74. The summed E-state index contributed by atoms with van der Waals surface area (Å²) in [5.74, 6) is 0. The van der Waals surface area contributed by atoms with Crippen molar-refractivity contribution in [2.24, 2.45) is 5.73 Å². The molecule has 4 heteroatoms. The molecule has 0 aromatic carbocycles. The quantitative estimate of drug-likeness (QED) is 0.569. The minimum Gasteiger partial charge on any atom is -0.394 e. The molecule has 0 rings (SSSR count). The highest BCUT2D eigenvalue weighted by Gasteiger charge is 2.17. The van der Waals surface area contributed by atoms with E-state index < -0.39 is 5.54 Å². The Balaban J connectivity index is 3.77. The van der Waals surface area contributed by atoms with Crippen LogP contribution in [0.2, 0.25) is 0 Å². The van der Waals surface area contributed by atoms with Crippen molar-refractivity contribution in [2.75, 3.05) is 33.4 Å². The van der Waals surface area contributed by atoms with Crippen LogP contribution >= 0.6 is 0 Å². The number of ether oxygens (including phenoxy) is 1. The van der Waals surface area contributed by atoms with Crippen molar-refractivity contribution in [3.05, 3.63) is 0 Å².